The highest BCUT2D eigenvalue weighted by Crippen LogP contribution is 2.26. The van der Waals surface area contributed by atoms with Gasteiger partial charge in [-0.2, -0.15) is 13.2 Å². The van der Waals surface area contributed by atoms with E-state index in [4.69, 9.17) is 13.0 Å². The van der Waals surface area contributed by atoms with Gasteiger partial charge >= 0.3 is 5.51 Å². The summed E-state index contributed by atoms with van der Waals surface area (Å²) in [5.74, 6) is 0. The van der Waals surface area contributed by atoms with Gasteiger partial charge in [0.25, 0.3) is 0 Å². The molecule has 0 spiro atoms. The normalized spacial score (nSPS) is 14.7. The predicted molar refractivity (Wildman–Crippen MR) is 128 cm³/mol. The van der Waals surface area contributed by atoms with Gasteiger partial charge in [-0.25, -0.2) is 8.42 Å². The van der Waals surface area contributed by atoms with E-state index in [0.717, 1.165) is 0 Å². The lowest BCUT2D eigenvalue weighted by atomic mass is 9.96. The number of para-hydroxylation sites is 1. The highest BCUT2D eigenvalue weighted by Gasteiger charge is 2.37. The average molecular weight is 506 g/mol. The molecule has 0 amide bonds. The molecule has 0 aliphatic heterocycles. The van der Waals surface area contributed by atoms with Crippen molar-refractivity contribution < 1.29 is 30.8 Å². The van der Waals surface area contributed by atoms with Gasteiger partial charge in [0.1, 0.15) is 11.0 Å². The maximum absolute atomic E-state index is 10.7. The minimum absolute atomic E-state index is 1.19. The highest BCUT2D eigenvalue weighted by atomic mass is 32.2. The van der Waals surface area contributed by atoms with Crippen LogP contribution in [0.25, 0.3) is 22.5 Å². The van der Waals surface area contributed by atoms with Gasteiger partial charge < -0.3 is 9.45 Å². The molecular formula is C25H26F3N3O3S. The lowest BCUT2D eigenvalue weighted by Crippen LogP contribution is -2.39. The van der Waals surface area contributed by atoms with Gasteiger partial charge in [0.15, 0.2) is 17.2 Å². The predicted octanol–water partition coefficient (Wildman–Crippen LogP) is 3.46. The maximum atomic E-state index is 10.7. The third-order valence-electron chi connectivity index (χ3n) is 6.31. The third kappa shape index (κ3) is 4.72. The van der Waals surface area contributed by atoms with Crippen molar-refractivity contribution in [2.75, 3.05) is 19.0 Å². The van der Waals surface area contributed by atoms with Crippen molar-refractivity contribution in [1.29, 1.82) is 0 Å². The number of halogens is 3. The van der Waals surface area contributed by atoms with E-state index in [1.54, 1.807) is 5.56 Å². The van der Waals surface area contributed by atoms with Crippen molar-refractivity contribution in [3.63, 3.8) is 0 Å². The fourth-order valence-corrected chi connectivity index (χ4v) is 4.65. The second-order valence-corrected chi connectivity index (χ2v) is 10.1. The Morgan fingerprint density at radius 2 is 1.63 bits per heavy atom. The van der Waals surface area contributed by atoms with Crippen LogP contribution < -0.4 is 14.8 Å². The maximum Gasteiger partial charge on any atom is 0.485 e. The van der Waals surface area contributed by atoms with Crippen LogP contribution in [0.15, 0.2) is 48.5 Å². The van der Waals surface area contributed by atoms with Crippen LogP contribution in [0.1, 0.15) is 29.7 Å². The lowest BCUT2D eigenvalue weighted by Gasteiger charge is -2.11. The first-order chi connectivity index (χ1) is 16.4. The molecule has 1 aliphatic carbocycles. The summed E-state index contributed by atoms with van der Waals surface area (Å²) in [5.41, 5.74) is 2.62. The van der Waals surface area contributed by atoms with E-state index in [0.29, 0.717) is 0 Å². The molecule has 0 saturated heterocycles. The fourth-order valence-electron chi connectivity index (χ4n) is 4.65. The Morgan fingerprint density at radius 1 is 1.03 bits per heavy atom. The highest BCUT2D eigenvalue weighted by molar-refractivity contribution is 7.86. The van der Waals surface area contributed by atoms with Crippen LogP contribution in [0, 0.1) is 0 Å². The quantitative estimate of drug-likeness (QED) is 0.238. The molecule has 0 saturated carbocycles. The number of fused-ring (bicyclic) bond motifs is 5. The van der Waals surface area contributed by atoms with E-state index in [1.165, 1.54) is 64.3 Å². The number of nitrogens with zero attached hydrogens (tertiary/aromatic N) is 3. The SMILES string of the molecule is CN(C)c1ccc(/C=c2/c3ccccc3n3c2c2c([n+]3C)CCCC2)cc1.O=S(=O)([O-])C(F)(F)F. The number of alkyl halides is 3. The zero-order valence-electron chi connectivity index (χ0n) is 19.6. The van der Waals surface area contributed by atoms with Gasteiger partial charge in [0, 0.05) is 36.8 Å². The Kier molecular flexibility index (Phi) is 6.54. The summed E-state index contributed by atoms with van der Waals surface area (Å²) >= 11 is 0. The summed E-state index contributed by atoms with van der Waals surface area (Å²) in [7, 11) is 0.298. The molecule has 0 radical (unpaired) electrons. The Labute approximate surface area is 201 Å². The molecule has 0 N–H and O–H groups in total. The molecule has 35 heavy (non-hydrogen) atoms. The van der Waals surface area contributed by atoms with E-state index in [2.05, 4.69) is 89.8 Å². The molecule has 1 aliphatic rings. The van der Waals surface area contributed by atoms with Crippen molar-refractivity contribution in [3.8, 4) is 0 Å². The number of aryl methyl sites for hydroxylation is 2. The van der Waals surface area contributed by atoms with E-state index in [9.17, 15) is 13.2 Å². The summed E-state index contributed by atoms with van der Waals surface area (Å²) in [6.07, 6.45) is 7.35. The second-order valence-electron chi connectivity index (χ2n) is 8.78. The molecule has 0 fully saturated rings. The van der Waals surface area contributed by atoms with Crippen LogP contribution in [-0.2, 0) is 30.0 Å². The standard InChI is InChI=1S/C24H26N3.CHF3O3S/c1-25(2)18-14-12-17(13-15-18)16-21-19-8-4-7-11-23(19)27-24(21)20-9-5-6-10-22(20)26(27)3;2-1(3,4)8(5,6)7/h4,7-8,11-16H,5-6,9-10H2,1-3H3;(H,5,6,7)/q+1;/p-1. The van der Waals surface area contributed by atoms with Crippen LogP contribution in [-0.4, -0.2) is 37.1 Å². The molecule has 4 aromatic rings. The van der Waals surface area contributed by atoms with Gasteiger partial charge in [-0.3, -0.25) is 0 Å². The zero-order chi connectivity index (χ0) is 25.5. The monoisotopic (exact) mass is 505 g/mol. The van der Waals surface area contributed by atoms with Gasteiger partial charge in [-0.1, -0.05) is 30.3 Å². The van der Waals surface area contributed by atoms with E-state index < -0.39 is 15.6 Å². The lowest BCUT2D eigenvalue weighted by molar-refractivity contribution is -0.742. The molecule has 6 nitrogen and oxygen atoms in total. The first-order valence-electron chi connectivity index (χ1n) is 11.1. The zero-order valence-corrected chi connectivity index (χ0v) is 20.4. The minimum Gasteiger partial charge on any atom is -0.741 e. The molecule has 2 aromatic carbocycles. The van der Waals surface area contributed by atoms with Crippen LogP contribution in [0.2, 0.25) is 0 Å². The topological polar surface area (TPSA) is 68.7 Å². The molecule has 186 valence electrons. The summed E-state index contributed by atoms with van der Waals surface area (Å²) in [4.78, 5) is 2.14. The number of benzene rings is 2. The Hall–Kier alpha value is -3.11. The molecular weight excluding hydrogens is 479 g/mol. The molecule has 2 aromatic heterocycles. The van der Waals surface area contributed by atoms with Crippen LogP contribution in [0.4, 0.5) is 18.9 Å². The molecule has 2 heterocycles. The van der Waals surface area contributed by atoms with Gasteiger partial charge in [0.2, 0.25) is 5.69 Å². The Bertz CT molecular complexity index is 1540. The smallest absolute Gasteiger partial charge is 0.485 e. The summed E-state index contributed by atoms with van der Waals surface area (Å²) in [6.45, 7) is 0. The van der Waals surface area contributed by atoms with Crippen molar-refractivity contribution in [1.82, 2.24) is 4.52 Å². The summed E-state index contributed by atoms with van der Waals surface area (Å²) in [6, 6.07) is 17.7. The average Bonchev–Trinajstić information content (AvgIpc) is 3.27. The third-order valence-corrected chi connectivity index (χ3v) is 6.88. The number of rotatable bonds is 2. The second kappa shape index (κ2) is 9.16. The van der Waals surface area contributed by atoms with E-state index in [-0.39, 0.29) is 0 Å². The van der Waals surface area contributed by atoms with Gasteiger partial charge in [-0.15, -0.1) is 9.20 Å². The molecule has 0 atom stereocenters. The number of anilines is 1. The van der Waals surface area contributed by atoms with Crippen molar-refractivity contribution in [2.45, 2.75) is 31.2 Å². The molecule has 5 rings (SSSR count). The van der Waals surface area contributed by atoms with Crippen molar-refractivity contribution in [2.24, 2.45) is 7.05 Å². The van der Waals surface area contributed by atoms with Crippen molar-refractivity contribution in [3.05, 3.63) is 70.6 Å². The largest absolute Gasteiger partial charge is 0.741 e. The van der Waals surface area contributed by atoms with Crippen LogP contribution in [0.5, 0.6) is 0 Å². The molecule has 0 bridgehead atoms. The fraction of sp³-hybridized carbons (Fsp3) is 0.320. The Balaban J connectivity index is 0.000000314. The first kappa shape index (κ1) is 25.0. The number of hydrogen-bond donors (Lipinski definition) is 0. The number of aromatic nitrogens is 2. The minimum atomic E-state index is -6.09. The van der Waals surface area contributed by atoms with Gasteiger partial charge in [-0.05, 0) is 49.1 Å². The van der Waals surface area contributed by atoms with Crippen molar-refractivity contribution >= 4 is 38.3 Å². The summed E-state index contributed by atoms with van der Waals surface area (Å²) in [5, 5.41) is 2.70. The Morgan fingerprint density at radius 3 is 2.23 bits per heavy atom. The number of hydrogen-bond acceptors (Lipinski definition) is 4. The molecule has 0 unspecified atom stereocenters. The first-order valence-corrected chi connectivity index (χ1v) is 12.5. The van der Waals surface area contributed by atoms with Crippen LogP contribution >= 0.6 is 0 Å². The molecule has 10 heteroatoms. The van der Waals surface area contributed by atoms with E-state index >= 15 is 0 Å². The van der Waals surface area contributed by atoms with Crippen LogP contribution in [0.3, 0.4) is 0 Å². The summed E-state index contributed by atoms with van der Waals surface area (Å²) < 4.78 is 63.7. The van der Waals surface area contributed by atoms with E-state index in [1.807, 2.05) is 0 Å². The van der Waals surface area contributed by atoms with Gasteiger partial charge in [0.05, 0.1) is 5.56 Å².